The van der Waals surface area contributed by atoms with Crippen LogP contribution in [-0.4, -0.2) is 42.9 Å². The molecule has 31 heavy (non-hydrogen) atoms. The summed E-state index contributed by atoms with van der Waals surface area (Å²) in [7, 11) is -3.49. The van der Waals surface area contributed by atoms with Crippen LogP contribution in [-0.2, 0) is 20.2 Å². The zero-order valence-corrected chi connectivity index (χ0v) is 18.1. The van der Waals surface area contributed by atoms with Crippen molar-refractivity contribution >= 4 is 33.3 Å². The van der Waals surface area contributed by atoms with Gasteiger partial charge in [-0.3, -0.25) is 19.2 Å². The van der Waals surface area contributed by atoms with Gasteiger partial charge in [0.25, 0.3) is 0 Å². The normalized spacial score (nSPS) is 22.9. The van der Waals surface area contributed by atoms with Crippen LogP contribution in [0.1, 0.15) is 48.5 Å². The van der Waals surface area contributed by atoms with Crippen LogP contribution < -0.4 is 9.62 Å². The standard InChI is InChI=1S/C21H23FN4O4S/c1-13(27)15-10-23-20(24-11-15)25-19(28)14-5-7-21(8-6-14)12-26(31(2,29)30)18-4-3-16(22)9-17(18)21/h3-4,9-11,14H,5-8,12H2,1-2H3,(H,23,24,25,28). The molecule has 0 radical (unpaired) electrons. The van der Waals surface area contributed by atoms with Crippen LogP contribution in [0.4, 0.5) is 16.0 Å². The summed E-state index contributed by atoms with van der Waals surface area (Å²) in [4.78, 5) is 32.0. The molecule has 2 heterocycles. The summed E-state index contributed by atoms with van der Waals surface area (Å²) in [5.74, 6) is -0.938. The van der Waals surface area contributed by atoms with E-state index in [4.69, 9.17) is 0 Å². The average molecular weight is 447 g/mol. The Hall–Kier alpha value is -2.88. The van der Waals surface area contributed by atoms with E-state index in [2.05, 4.69) is 15.3 Å². The van der Waals surface area contributed by atoms with E-state index in [9.17, 15) is 22.4 Å². The first-order chi connectivity index (χ1) is 14.6. The van der Waals surface area contributed by atoms with Gasteiger partial charge in [-0.25, -0.2) is 22.8 Å². The molecule has 1 amide bonds. The van der Waals surface area contributed by atoms with Gasteiger partial charge in [-0.05, 0) is 56.4 Å². The predicted octanol–water partition coefficient (Wildman–Crippen LogP) is 2.66. The first-order valence-electron chi connectivity index (χ1n) is 10.0. The summed E-state index contributed by atoms with van der Waals surface area (Å²) in [6.07, 6.45) is 6.08. The van der Waals surface area contributed by atoms with Gasteiger partial charge < -0.3 is 0 Å². The quantitative estimate of drug-likeness (QED) is 0.723. The van der Waals surface area contributed by atoms with E-state index in [0.29, 0.717) is 42.5 Å². The molecular formula is C21H23FN4O4S. The molecule has 0 atom stereocenters. The number of halogens is 1. The molecule has 1 N–H and O–H groups in total. The van der Waals surface area contributed by atoms with Gasteiger partial charge in [0.15, 0.2) is 5.78 Å². The van der Waals surface area contributed by atoms with E-state index in [-0.39, 0.29) is 30.1 Å². The van der Waals surface area contributed by atoms with E-state index in [1.54, 1.807) is 0 Å². The van der Waals surface area contributed by atoms with Crippen molar-refractivity contribution in [3.8, 4) is 0 Å². The lowest BCUT2D eigenvalue weighted by molar-refractivity contribution is -0.121. The zero-order valence-electron chi connectivity index (χ0n) is 17.3. The third kappa shape index (κ3) is 4.04. The number of hydrogen-bond donors (Lipinski definition) is 1. The van der Waals surface area contributed by atoms with Crippen LogP contribution in [0, 0.1) is 11.7 Å². The van der Waals surface area contributed by atoms with Crippen molar-refractivity contribution in [1.29, 1.82) is 0 Å². The third-order valence-corrected chi connectivity index (χ3v) is 7.38. The molecule has 1 aliphatic carbocycles. The van der Waals surface area contributed by atoms with Gasteiger partial charge in [0.2, 0.25) is 21.9 Å². The molecule has 164 valence electrons. The number of nitrogens with one attached hydrogen (secondary N) is 1. The first-order valence-corrected chi connectivity index (χ1v) is 11.9. The Morgan fingerprint density at radius 2 is 1.84 bits per heavy atom. The molecule has 0 saturated heterocycles. The molecule has 1 aromatic heterocycles. The SMILES string of the molecule is CC(=O)c1cnc(NC(=O)C2CCC3(CC2)CN(S(C)(=O)=O)c2ccc(F)cc23)nc1. The largest absolute Gasteiger partial charge is 0.294 e. The Morgan fingerprint density at radius 1 is 1.19 bits per heavy atom. The highest BCUT2D eigenvalue weighted by Gasteiger charge is 2.48. The molecule has 1 spiro atoms. The second-order valence-electron chi connectivity index (χ2n) is 8.33. The maximum Gasteiger partial charge on any atom is 0.232 e. The van der Waals surface area contributed by atoms with Crippen LogP contribution in [0.25, 0.3) is 0 Å². The second-order valence-corrected chi connectivity index (χ2v) is 10.2. The van der Waals surface area contributed by atoms with Crippen LogP contribution in [0.3, 0.4) is 0 Å². The highest BCUT2D eigenvalue weighted by Crippen LogP contribution is 2.51. The molecule has 2 aromatic rings. The number of ketones is 1. The lowest BCUT2D eigenvalue weighted by atomic mass is 9.67. The van der Waals surface area contributed by atoms with Crippen molar-refractivity contribution in [3.05, 3.63) is 47.5 Å². The summed E-state index contributed by atoms with van der Waals surface area (Å²) < 4.78 is 39.9. The van der Waals surface area contributed by atoms with E-state index in [1.165, 1.54) is 41.8 Å². The molecule has 1 fully saturated rings. The zero-order chi connectivity index (χ0) is 22.4. The van der Waals surface area contributed by atoms with Gasteiger partial charge in [0.1, 0.15) is 5.82 Å². The van der Waals surface area contributed by atoms with Gasteiger partial charge in [0.05, 0.1) is 17.5 Å². The number of carbonyl (C=O) groups is 2. The second kappa shape index (κ2) is 7.67. The van der Waals surface area contributed by atoms with E-state index >= 15 is 0 Å². The fourth-order valence-electron chi connectivity index (χ4n) is 4.54. The summed E-state index contributed by atoms with van der Waals surface area (Å²) >= 11 is 0. The van der Waals surface area contributed by atoms with Crippen molar-refractivity contribution in [2.75, 3.05) is 22.4 Å². The van der Waals surface area contributed by atoms with Crippen molar-refractivity contribution in [2.24, 2.45) is 5.92 Å². The first kappa shape index (κ1) is 21.4. The maximum atomic E-state index is 14.0. The van der Waals surface area contributed by atoms with E-state index in [1.807, 2.05) is 0 Å². The van der Waals surface area contributed by atoms with Crippen LogP contribution in [0.2, 0.25) is 0 Å². The minimum atomic E-state index is -3.49. The van der Waals surface area contributed by atoms with Crippen molar-refractivity contribution < 1.29 is 22.4 Å². The smallest absolute Gasteiger partial charge is 0.232 e. The molecule has 0 bridgehead atoms. The Labute approximate surface area is 179 Å². The van der Waals surface area contributed by atoms with Gasteiger partial charge in [-0.2, -0.15) is 0 Å². The molecule has 8 nitrogen and oxygen atoms in total. The Bertz CT molecular complexity index is 1140. The number of nitrogens with zero attached hydrogens (tertiary/aromatic N) is 3. The summed E-state index contributed by atoms with van der Waals surface area (Å²) in [5, 5.41) is 2.68. The molecule has 1 aliphatic heterocycles. The molecule has 10 heteroatoms. The summed E-state index contributed by atoms with van der Waals surface area (Å²) in [6, 6.07) is 4.21. The minimum Gasteiger partial charge on any atom is -0.294 e. The highest BCUT2D eigenvalue weighted by molar-refractivity contribution is 7.92. The van der Waals surface area contributed by atoms with Gasteiger partial charge in [-0.1, -0.05) is 0 Å². The fraction of sp³-hybridized carbons (Fsp3) is 0.429. The molecule has 0 unspecified atom stereocenters. The highest BCUT2D eigenvalue weighted by atomic mass is 32.2. The van der Waals surface area contributed by atoms with E-state index in [0.717, 1.165) is 6.26 Å². The summed E-state index contributed by atoms with van der Waals surface area (Å²) in [6.45, 7) is 1.67. The van der Waals surface area contributed by atoms with Crippen LogP contribution in [0.5, 0.6) is 0 Å². The van der Waals surface area contributed by atoms with E-state index < -0.39 is 21.3 Å². The topological polar surface area (TPSA) is 109 Å². The number of amides is 1. The predicted molar refractivity (Wildman–Crippen MR) is 113 cm³/mol. The number of aromatic nitrogens is 2. The molecule has 2 aliphatic rings. The molecule has 1 saturated carbocycles. The lowest BCUT2D eigenvalue weighted by Crippen LogP contribution is -2.41. The minimum absolute atomic E-state index is 0.131. The number of fused-ring (bicyclic) bond motifs is 2. The molecule has 4 rings (SSSR count). The number of anilines is 2. The monoisotopic (exact) mass is 446 g/mol. The van der Waals surface area contributed by atoms with Crippen molar-refractivity contribution in [2.45, 2.75) is 38.0 Å². The van der Waals surface area contributed by atoms with Gasteiger partial charge in [-0.15, -0.1) is 0 Å². The number of hydrogen-bond acceptors (Lipinski definition) is 6. The van der Waals surface area contributed by atoms with Gasteiger partial charge in [0, 0.05) is 30.3 Å². The summed E-state index contributed by atoms with van der Waals surface area (Å²) in [5.41, 5.74) is 1.07. The number of benzene rings is 1. The number of carbonyl (C=O) groups excluding carboxylic acids is 2. The fourth-order valence-corrected chi connectivity index (χ4v) is 5.54. The number of sulfonamides is 1. The van der Waals surface area contributed by atoms with Gasteiger partial charge >= 0.3 is 0 Å². The van der Waals surface area contributed by atoms with Crippen molar-refractivity contribution in [3.63, 3.8) is 0 Å². The Morgan fingerprint density at radius 3 is 2.42 bits per heavy atom. The van der Waals surface area contributed by atoms with Crippen LogP contribution in [0.15, 0.2) is 30.6 Å². The maximum absolute atomic E-state index is 14.0. The number of rotatable bonds is 4. The van der Waals surface area contributed by atoms with Crippen molar-refractivity contribution in [1.82, 2.24) is 9.97 Å². The Kier molecular flexibility index (Phi) is 5.28. The third-order valence-electron chi connectivity index (χ3n) is 6.25. The molecule has 1 aromatic carbocycles. The number of Topliss-reactive ketones (excluding diaryl/α,β-unsaturated/α-hetero) is 1. The Balaban J connectivity index is 1.48. The lowest BCUT2D eigenvalue weighted by Gasteiger charge is -2.37. The average Bonchev–Trinajstić information content (AvgIpc) is 3.03. The van der Waals surface area contributed by atoms with Crippen LogP contribution >= 0.6 is 0 Å². The molecular weight excluding hydrogens is 423 g/mol.